The number of benzene rings is 1. The van der Waals surface area contributed by atoms with Gasteiger partial charge in [-0.05, 0) is 12.1 Å². The molecule has 0 bridgehead atoms. The molecule has 0 atom stereocenters. The van der Waals surface area contributed by atoms with Gasteiger partial charge in [0.1, 0.15) is 0 Å². The van der Waals surface area contributed by atoms with Crippen LogP contribution in [0.4, 0.5) is 10.1 Å². The predicted octanol–water partition coefficient (Wildman–Crippen LogP) is 0.819. The van der Waals surface area contributed by atoms with E-state index in [9.17, 15) is 4.39 Å². The molecule has 1 aromatic rings. The Morgan fingerprint density at radius 3 is 2.40 bits per heavy atom. The Hall–Kier alpha value is -1.45. The molecule has 0 aromatic heterocycles. The first-order chi connectivity index (χ1) is 4.63. The molecule has 0 aliphatic rings. The molecule has 4 N–H and O–H groups in total. The number of aromatic hydroxyl groups is 2. The quantitative estimate of drug-likeness (QED) is 0.286. The summed E-state index contributed by atoms with van der Waals surface area (Å²) >= 11 is 0. The van der Waals surface area contributed by atoms with Crippen molar-refractivity contribution >= 4 is 5.69 Å². The summed E-state index contributed by atoms with van der Waals surface area (Å²) in [6, 6.07) is 2.29. The van der Waals surface area contributed by atoms with E-state index in [4.69, 9.17) is 15.9 Å². The van der Waals surface area contributed by atoms with Gasteiger partial charge in [0.25, 0.3) is 0 Å². The molecular formula is C6H6FNO2. The molecule has 0 saturated carbocycles. The van der Waals surface area contributed by atoms with Crippen LogP contribution in [0, 0.1) is 5.82 Å². The van der Waals surface area contributed by atoms with E-state index >= 15 is 0 Å². The summed E-state index contributed by atoms with van der Waals surface area (Å²) in [4.78, 5) is 0. The highest BCUT2D eigenvalue weighted by Crippen LogP contribution is 2.29. The van der Waals surface area contributed by atoms with E-state index in [1.807, 2.05) is 0 Å². The van der Waals surface area contributed by atoms with E-state index in [0.717, 1.165) is 6.07 Å². The molecule has 0 fully saturated rings. The number of hydrogen-bond acceptors (Lipinski definition) is 3. The minimum absolute atomic E-state index is 0.0877. The van der Waals surface area contributed by atoms with Crippen LogP contribution in [0.3, 0.4) is 0 Å². The lowest BCUT2D eigenvalue weighted by Crippen LogP contribution is -1.87. The lowest BCUT2D eigenvalue weighted by atomic mass is 10.3. The van der Waals surface area contributed by atoms with Gasteiger partial charge in [0.2, 0.25) is 5.82 Å². The van der Waals surface area contributed by atoms with E-state index < -0.39 is 17.3 Å². The fraction of sp³-hybridized carbons (Fsp3) is 0. The molecule has 0 aliphatic carbocycles. The Balaban J connectivity index is 3.34. The van der Waals surface area contributed by atoms with Crippen molar-refractivity contribution in [2.45, 2.75) is 0 Å². The summed E-state index contributed by atoms with van der Waals surface area (Å²) < 4.78 is 12.4. The first-order valence-corrected chi connectivity index (χ1v) is 2.59. The lowest BCUT2D eigenvalue weighted by Gasteiger charge is -1.99. The van der Waals surface area contributed by atoms with Crippen LogP contribution in [0.1, 0.15) is 0 Å². The van der Waals surface area contributed by atoms with Crippen molar-refractivity contribution in [2.24, 2.45) is 0 Å². The maximum absolute atomic E-state index is 12.4. The zero-order chi connectivity index (χ0) is 7.72. The maximum atomic E-state index is 12.4. The van der Waals surface area contributed by atoms with Gasteiger partial charge in [-0.1, -0.05) is 0 Å². The Labute approximate surface area is 56.5 Å². The van der Waals surface area contributed by atoms with Crippen LogP contribution in [0.5, 0.6) is 11.5 Å². The number of nitrogen functional groups attached to an aromatic ring is 1. The SMILES string of the molecule is Nc1ccc(O)c(F)c1O. The number of phenolic OH excluding ortho intramolecular Hbond substituents is 2. The van der Waals surface area contributed by atoms with E-state index in [1.54, 1.807) is 0 Å². The summed E-state index contributed by atoms with van der Waals surface area (Å²) in [6.45, 7) is 0. The Bertz CT molecular complexity index is 235. The molecule has 1 aromatic carbocycles. The number of halogens is 1. The third-order valence-corrected chi connectivity index (χ3v) is 1.13. The van der Waals surface area contributed by atoms with Crippen LogP contribution < -0.4 is 5.73 Å². The van der Waals surface area contributed by atoms with E-state index in [2.05, 4.69) is 0 Å². The third kappa shape index (κ3) is 0.834. The van der Waals surface area contributed by atoms with E-state index in [1.165, 1.54) is 6.07 Å². The number of nitrogens with two attached hydrogens (primary N) is 1. The van der Waals surface area contributed by atoms with Crippen molar-refractivity contribution in [1.82, 2.24) is 0 Å². The number of rotatable bonds is 0. The maximum Gasteiger partial charge on any atom is 0.208 e. The number of hydrogen-bond donors (Lipinski definition) is 3. The van der Waals surface area contributed by atoms with Gasteiger partial charge in [-0.15, -0.1) is 0 Å². The summed E-state index contributed by atoms with van der Waals surface area (Å²) in [5, 5.41) is 17.4. The summed E-state index contributed by atoms with van der Waals surface area (Å²) in [6.07, 6.45) is 0. The minimum atomic E-state index is -1.08. The largest absolute Gasteiger partial charge is 0.505 e. The Morgan fingerprint density at radius 1 is 1.30 bits per heavy atom. The first kappa shape index (κ1) is 6.67. The smallest absolute Gasteiger partial charge is 0.208 e. The molecule has 0 aliphatic heterocycles. The molecule has 0 radical (unpaired) electrons. The summed E-state index contributed by atoms with van der Waals surface area (Å²) in [7, 11) is 0. The van der Waals surface area contributed by atoms with Gasteiger partial charge < -0.3 is 15.9 Å². The highest BCUT2D eigenvalue weighted by molar-refractivity contribution is 5.55. The van der Waals surface area contributed by atoms with Gasteiger partial charge >= 0.3 is 0 Å². The van der Waals surface area contributed by atoms with Gasteiger partial charge in [-0.3, -0.25) is 0 Å². The number of anilines is 1. The Morgan fingerprint density at radius 2 is 1.90 bits per heavy atom. The summed E-state index contributed by atoms with van der Waals surface area (Å²) in [5.41, 5.74) is 5.00. The highest BCUT2D eigenvalue weighted by Gasteiger charge is 2.08. The molecule has 0 heterocycles. The minimum Gasteiger partial charge on any atom is -0.505 e. The fourth-order valence-electron chi connectivity index (χ4n) is 0.569. The molecule has 4 heteroatoms. The summed E-state index contributed by atoms with van der Waals surface area (Å²) in [5.74, 6) is -2.40. The van der Waals surface area contributed by atoms with E-state index in [-0.39, 0.29) is 5.69 Å². The number of phenols is 2. The average molecular weight is 143 g/mol. The van der Waals surface area contributed by atoms with E-state index in [0.29, 0.717) is 0 Å². The molecule has 0 saturated heterocycles. The standard InChI is InChI=1S/C6H6FNO2/c7-5-4(9)2-1-3(8)6(5)10/h1-2,9-10H,8H2. The zero-order valence-corrected chi connectivity index (χ0v) is 5.00. The Kier molecular flexibility index (Phi) is 1.37. The monoisotopic (exact) mass is 143 g/mol. The highest BCUT2D eigenvalue weighted by atomic mass is 19.1. The second-order valence-electron chi connectivity index (χ2n) is 1.84. The second kappa shape index (κ2) is 2.06. The van der Waals surface area contributed by atoms with Gasteiger partial charge in [-0.2, -0.15) is 4.39 Å². The van der Waals surface area contributed by atoms with Gasteiger partial charge in [0.05, 0.1) is 5.69 Å². The van der Waals surface area contributed by atoms with Crippen molar-refractivity contribution in [1.29, 1.82) is 0 Å². The molecule has 54 valence electrons. The van der Waals surface area contributed by atoms with Crippen LogP contribution in [0.15, 0.2) is 12.1 Å². The van der Waals surface area contributed by atoms with Gasteiger partial charge in [0.15, 0.2) is 11.5 Å². The van der Waals surface area contributed by atoms with Gasteiger partial charge in [-0.25, -0.2) is 0 Å². The molecule has 0 unspecified atom stereocenters. The molecular weight excluding hydrogens is 137 g/mol. The van der Waals surface area contributed by atoms with Crippen LogP contribution in [0.25, 0.3) is 0 Å². The second-order valence-corrected chi connectivity index (χ2v) is 1.84. The van der Waals surface area contributed by atoms with Crippen LogP contribution in [-0.4, -0.2) is 10.2 Å². The fourth-order valence-corrected chi connectivity index (χ4v) is 0.569. The van der Waals surface area contributed by atoms with Crippen LogP contribution in [-0.2, 0) is 0 Å². The van der Waals surface area contributed by atoms with Crippen molar-refractivity contribution in [3.63, 3.8) is 0 Å². The normalized spacial score (nSPS) is 9.70. The van der Waals surface area contributed by atoms with Crippen molar-refractivity contribution < 1.29 is 14.6 Å². The van der Waals surface area contributed by atoms with Crippen molar-refractivity contribution in [2.75, 3.05) is 5.73 Å². The first-order valence-electron chi connectivity index (χ1n) is 2.59. The van der Waals surface area contributed by atoms with Crippen LogP contribution >= 0.6 is 0 Å². The van der Waals surface area contributed by atoms with Crippen molar-refractivity contribution in [3.8, 4) is 11.5 Å². The molecule has 0 amide bonds. The molecule has 1 rings (SSSR count). The molecule has 3 nitrogen and oxygen atoms in total. The molecule has 10 heavy (non-hydrogen) atoms. The van der Waals surface area contributed by atoms with Crippen LogP contribution in [0.2, 0.25) is 0 Å². The lowest BCUT2D eigenvalue weighted by molar-refractivity contribution is 0.391. The average Bonchev–Trinajstić information content (AvgIpc) is 1.93. The predicted molar refractivity (Wildman–Crippen MR) is 34.1 cm³/mol. The zero-order valence-electron chi connectivity index (χ0n) is 5.00. The van der Waals surface area contributed by atoms with Gasteiger partial charge in [0, 0.05) is 0 Å². The topological polar surface area (TPSA) is 66.5 Å². The third-order valence-electron chi connectivity index (χ3n) is 1.13. The van der Waals surface area contributed by atoms with Crippen molar-refractivity contribution in [3.05, 3.63) is 17.9 Å². The molecule has 0 spiro atoms.